The largest absolute Gasteiger partial charge is 0.328 e. The van der Waals surface area contributed by atoms with Gasteiger partial charge in [-0.1, -0.05) is 38.3 Å². The highest BCUT2D eigenvalue weighted by atomic mass is 35.5. The first-order valence-electron chi connectivity index (χ1n) is 7.43. The van der Waals surface area contributed by atoms with E-state index in [4.69, 9.17) is 23.2 Å². The molecule has 1 aromatic heterocycles. The van der Waals surface area contributed by atoms with Crippen molar-refractivity contribution in [2.24, 2.45) is 5.92 Å². The van der Waals surface area contributed by atoms with E-state index in [2.05, 4.69) is 23.4 Å². The lowest BCUT2D eigenvalue weighted by atomic mass is 10.1. The molecule has 0 aliphatic heterocycles. The second-order valence-electron chi connectivity index (χ2n) is 5.76. The van der Waals surface area contributed by atoms with Gasteiger partial charge in [0.25, 0.3) is 0 Å². The molecule has 0 spiro atoms. The predicted octanol–water partition coefficient (Wildman–Crippen LogP) is 5.44. The Morgan fingerprint density at radius 3 is 2.71 bits per heavy atom. The minimum atomic E-state index is -0.425. The van der Waals surface area contributed by atoms with Crippen molar-refractivity contribution in [3.8, 4) is 0 Å². The van der Waals surface area contributed by atoms with E-state index >= 15 is 0 Å². The number of unbranched alkanes of at least 4 members (excludes halogenated alkanes) is 1. The number of alkyl halides is 1. The van der Waals surface area contributed by atoms with Gasteiger partial charge in [0.1, 0.15) is 11.6 Å². The normalized spacial score (nSPS) is 11.7. The highest BCUT2D eigenvalue weighted by Crippen LogP contribution is 2.25. The Balaban J connectivity index is 2.25. The lowest BCUT2D eigenvalue weighted by Crippen LogP contribution is -2.05. The lowest BCUT2D eigenvalue weighted by Gasteiger charge is -2.09. The third kappa shape index (κ3) is 4.10. The van der Waals surface area contributed by atoms with Crippen molar-refractivity contribution in [2.45, 2.75) is 46.1 Å². The number of fused-ring (bicyclic) bond motifs is 1. The molecule has 0 N–H and O–H groups in total. The van der Waals surface area contributed by atoms with Crippen molar-refractivity contribution in [3.63, 3.8) is 0 Å². The van der Waals surface area contributed by atoms with Gasteiger partial charge in [-0.15, -0.1) is 11.6 Å². The monoisotopic (exact) mass is 330 g/mol. The van der Waals surface area contributed by atoms with Crippen LogP contribution in [0.4, 0.5) is 4.39 Å². The Labute approximate surface area is 135 Å². The quantitative estimate of drug-likeness (QED) is 0.488. The molecule has 0 fully saturated rings. The van der Waals surface area contributed by atoms with Crippen LogP contribution in [0, 0.1) is 11.7 Å². The van der Waals surface area contributed by atoms with E-state index in [1.54, 1.807) is 6.07 Å². The van der Waals surface area contributed by atoms with Crippen molar-refractivity contribution >= 4 is 34.2 Å². The number of aryl methyl sites for hydroxylation is 2. The van der Waals surface area contributed by atoms with E-state index < -0.39 is 5.82 Å². The molecule has 2 rings (SSSR count). The molecular weight excluding hydrogens is 310 g/mol. The topological polar surface area (TPSA) is 17.8 Å². The summed E-state index contributed by atoms with van der Waals surface area (Å²) in [6, 6.07) is 3.07. The zero-order valence-corrected chi connectivity index (χ0v) is 14.0. The minimum Gasteiger partial charge on any atom is -0.328 e. The first-order chi connectivity index (χ1) is 10.0. The Hall–Kier alpha value is -0.800. The summed E-state index contributed by atoms with van der Waals surface area (Å²) in [6.07, 6.45) is 4.15. The van der Waals surface area contributed by atoms with Gasteiger partial charge in [-0.25, -0.2) is 9.37 Å². The molecule has 116 valence electrons. The zero-order valence-electron chi connectivity index (χ0n) is 12.5. The van der Waals surface area contributed by atoms with Crippen molar-refractivity contribution in [3.05, 3.63) is 28.8 Å². The zero-order chi connectivity index (χ0) is 15.4. The number of rotatable bonds is 7. The number of halogens is 3. The summed E-state index contributed by atoms with van der Waals surface area (Å²) < 4.78 is 15.7. The SMILES string of the molecule is CC(C)CCCCn1c(CCCl)nc2cc(F)c(Cl)cc21. The molecule has 0 aliphatic carbocycles. The van der Waals surface area contributed by atoms with E-state index in [9.17, 15) is 4.39 Å². The average molecular weight is 331 g/mol. The second-order valence-corrected chi connectivity index (χ2v) is 6.55. The summed E-state index contributed by atoms with van der Waals surface area (Å²) in [4.78, 5) is 4.50. The van der Waals surface area contributed by atoms with Crippen LogP contribution in [0.1, 0.15) is 38.9 Å². The van der Waals surface area contributed by atoms with E-state index in [1.807, 2.05) is 0 Å². The highest BCUT2D eigenvalue weighted by molar-refractivity contribution is 6.31. The van der Waals surface area contributed by atoms with Gasteiger partial charge in [0, 0.05) is 24.9 Å². The maximum Gasteiger partial charge on any atom is 0.144 e. The van der Waals surface area contributed by atoms with Crippen LogP contribution in [0.5, 0.6) is 0 Å². The van der Waals surface area contributed by atoms with Crippen LogP contribution in [0.25, 0.3) is 11.0 Å². The van der Waals surface area contributed by atoms with Gasteiger partial charge in [0.15, 0.2) is 0 Å². The number of hydrogen-bond acceptors (Lipinski definition) is 1. The van der Waals surface area contributed by atoms with Crippen LogP contribution in [0.15, 0.2) is 12.1 Å². The molecule has 5 heteroatoms. The lowest BCUT2D eigenvalue weighted by molar-refractivity contribution is 0.508. The molecule has 1 aromatic carbocycles. The van der Waals surface area contributed by atoms with Crippen molar-refractivity contribution in [1.29, 1.82) is 0 Å². The summed E-state index contributed by atoms with van der Waals surface area (Å²) >= 11 is 11.8. The maximum absolute atomic E-state index is 13.6. The number of imidazole rings is 1. The van der Waals surface area contributed by atoms with Gasteiger partial charge >= 0.3 is 0 Å². The Morgan fingerprint density at radius 1 is 1.29 bits per heavy atom. The molecular formula is C16H21Cl2FN2. The van der Waals surface area contributed by atoms with Crippen LogP contribution >= 0.6 is 23.2 Å². The number of aromatic nitrogens is 2. The molecule has 0 saturated heterocycles. The van der Waals surface area contributed by atoms with Gasteiger partial charge in [0.2, 0.25) is 0 Å². The fourth-order valence-corrected chi connectivity index (χ4v) is 2.84. The predicted molar refractivity (Wildman–Crippen MR) is 87.8 cm³/mol. The van der Waals surface area contributed by atoms with Gasteiger partial charge in [-0.05, 0) is 18.4 Å². The van der Waals surface area contributed by atoms with Crippen LogP contribution < -0.4 is 0 Å². The first-order valence-corrected chi connectivity index (χ1v) is 8.34. The van der Waals surface area contributed by atoms with Crippen LogP contribution in [-0.4, -0.2) is 15.4 Å². The molecule has 21 heavy (non-hydrogen) atoms. The van der Waals surface area contributed by atoms with E-state index in [0.29, 0.717) is 17.8 Å². The number of nitrogens with zero attached hydrogens (tertiary/aromatic N) is 2. The Morgan fingerprint density at radius 2 is 2.05 bits per heavy atom. The summed E-state index contributed by atoms with van der Waals surface area (Å²) in [6.45, 7) is 5.33. The average Bonchev–Trinajstić information content (AvgIpc) is 2.73. The van der Waals surface area contributed by atoms with Crippen LogP contribution in [0.3, 0.4) is 0 Å². The van der Waals surface area contributed by atoms with Crippen molar-refractivity contribution in [2.75, 3.05) is 5.88 Å². The molecule has 2 aromatic rings. The molecule has 1 heterocycles. The second kappa shape index (κ2) is 7.46. The molecule has 0 atom stereocenters. The van der Waals surface area contributed by atoms with Crippen molar-refractivity contribution < 1.29 is 4.39 Å². The standard InChI is InChI=1S/C16H21Cl2FN2/c1-11(2)5-3-4-8-21-15-9-12(18)13(19)10-14(15)20-16(21)6-7-17/h9-11H,3-8H2,1-2H3. The van der Waals surface area contributed by atoms with E-state index in [-0.39, 0.29) is 5.02 Å². The van der Waals surface area contributed by atoms with Crippen LogP contribution in [0.2, 0.25) is 5.02 Å². The summed E-state index contributed by atoms with van der Waals surface area (Å²) in [7, 11) is 0. The fourth-order valence-electron chi connectivity index (χ4n) is 2.52. The van der Waals surface area contributed by atoms with E-state index in [1.165, 1.54) is 18.9 Å². The smallest absolute Gasteiger partial charge is 0.144 e. The van der Waals surface area contributed by atoms with Gasteiger partial charge < -0.3 is 4.57 Å². The van der Waals surface area contributed by atoms with Gasteiger partial charge in [0.05, 0.1) is 16.1 Å². The molecule has 0 saturated carbocycles. The molecule has 0 amide bonds. The number of benzene rings is 1. The summed E-state index contributed by atoms with van der Waals surface area (Å²) in [5, 5.41) is 0.142. The molecule has 0 radical (unpaired) electrons. The van der Waals surface area contributed by atoms with Gasteiger partial charge in [-0.2, -0.15) is 0 Å². The minimum absolute atomic E-state index is 0.142. The summed E-state index contributed by atoms with van der Waals surface area (Å²) in [5.74, 6) is 1.71. The third-order valence-electron chi connectivity index (χ3n) is 3.60. The third-order valence-corrected chi connectivity index (χ3v) is 4.08. The van der Waals surface area contributed by atoms with Crippen molar-refractivity contribution in [1.82, 2.24) is 9.55 Å². The Kier molecular flexibility index (Phi) is 5.88. The van der Waals surface area contributed by atoms with Crippen LogP contribution in [-0.2, 0) is 13.0 Å². The highest BCUT2D eigenvalue weighted by Gasteiger charge is 2.13. The Bertz CT molecular complexity index is 608. The first kappa shape index (κ1) is 16.6. The summed E-state index contributed by atoms with van der Waals surface area (Å²) in [5.41, 5.74) is 1.55. The number of hydrogen-bond donors (Lipinski definition) is 0. The molecule has 0 bridgehead atoms. The van der Waals surface area contributed by atoms with E-state index in [0.717, 1.165) is 30.2 Å². The fraction of sp³-hybridized carbons (Fsp3) is 0.562. The molecule has 0 aliphatic rings. The van der Waals surface area contributed by atoms with Gasteiger partial charge in [-0.3, -0.25) is 0 Å². The molecule has 0 unspecified atom stereocenters. The maximum atomic E-state index is 13.6. The molecule has 2 nitrogen and oxygen atoms in total.